The maximum Gasteiger partial charge on any atom is 0.406 e. The predicted octanol–water partition coefficient (Wildman–Crippen LogP) is 6.22. The molecule has 0 saturated heterocycles. The number of amides is 1. The molecule has 2 aromatic carbocycles. The summed E-state index contributed by atoms with van der Waals surface area (Å²) >= 11 is 1.18. The van der Waals surface area contributed by atoms with E-state index >= 15 is 0 Å². The number of halogens is 4. The van der Waals surface area contributed by atoms with E-state index in [2.05, 4.69) is 33.5 Å². The molecule has 164 valence electrons. The number of hydrogen-bond acceptors (Lipinski definition) is 3. The highest BCUT2D eigenvalue weighted by Crippen LogP contribution is 2.27. The molecule has 0 atom stereocenters. The van der Waals surface area contributed by atoms with Crippen molar-refractivity contribution < 1.29 is 22.4 Å². The molecule has 5 aromatic rings. The third kappa shape index (κ3) is 4.97. The van der Waals surface area contributed by atoms with Gasteiger partial charge in [-0.2, -0.15) is 13.2 Å². The van der Waals surface area contributed by atoms with Gasteiger partial charge >= 0.3 is 6.18 Å². The Kier molecular flexibility index (Phi) is 5.95. The van der Waals surface area contributed by atoms with Crippen molar-refractivity contribution in [2.45, 2.75) is 12.7 Å². The molecule has 10 heteroatoms. The van der Waals surface area contributed by atoms with E-state index in [1.54, 1.807) is 5.38 Å². The Labute approximate surface area is 183 Å². The van der Waals surface area contributed by atoms with Crippen LogP contribution in [0.1, 0.15) is 10.4 Å². The van der Waals surface area contributed by atoms with E-state index in [-0.39, 0.29) is 16.5 Å². The van der Waals surface area contributed by atoms with Gasteiger partial charge in [-0.1, -0.05) is 18.2 Å². The summed E-state index contributed by atoms with van der Waals surface area (Å²) in [4.78, 5) is 19.3. The van der Waals surface area contributed by atoms with Gasteiger partial charge in [-0.15, -0.1) is 11.3 Å². The Balaban J connectivity index is 0.000000225. The van der Waals surface area contributed by atoms with Crippen molar-refractivity contribution in [2.24, 2.45) is 0 Å². The summed E-state index contributed by atoms with van der Waals surface area (Å²) in [6, 6.07) is 13.6. The summed E-state index contributed by atoms with van der Waals surface area (Å²) in [6.45, 7) is -1.31. The Morgan fingerprint density at radius 3 is 2.69 bits per heavy atom. The van der Waals surface area contributed by atoms with Crippen LogP contribution >= 0.6 is 11.3 Å². The Morgan fingerprint density at radius 1 is 1.16 bits per heavy atom. The largest absolute Gasteiger partial charge is 0.406 e. The lowest BCUT2D eigenvalue weighted by Crippen LogP contribution is -2.17. The second-order valence-corrected chi connectivity index (χ2v) is 7.70. The molecule has 0 aliphatic heterocycles. The fraction of sp³-hybridized carbons (Fsp3) is 0.0909. The molecule has 32 heavy (non-hydrogen) atoms. The lowest BCUT2D eigenvalue weighted by Gasteiger charge is -2.08. The summed E-state index contributed by atoms with van der Waals surface area (Å²) in [7, 11) is 0. The number of benzene rings is 2. The number of H-pyrrole nitrogens is 1. The van der Waals surface area contributed by atoms with Crippen LogP contribution in [0.25, 0.3) is 21.8 Å². The van der Waals surface area contributed by atoms with E-state index in [0.717, 1.165) is 22.9 Å². The van der Waals surface area contributed by atoms with E-state index < -0.39 is 24.4 Å². The zero-order chi connectivity index (χ0) is 22.7. The minimum absolute atomic E-state index is 0.00612. The maximum atomic E-state index is 13.4. The molecule has 5 rings (SSSR count). The fourth-order valence-electron chi connectivity index (χ4n) is 3.21. The van der Waals surface area contributed by atoms with Crippen molar-refractivity contribution in [2.75, 3.05) is 5.32 Å². The topological polar surface area (TPSA) is 62.7 Å². The minimum Gasteiger partial charge on any atom is -0.361 e. The Bertz CT molecular complexity index is 1330. The molecule has 5 nitrogen and oxygen atoms in total. The second kappa shape index (κ2) is 8.83. The second-order valence-electron chi connectivity index (χ2n) is 6.80. The van der Waals surface area contributed by atoms with Crippen LogP contribution in [-0.4, -0.2) is 26.6 Å². The number of para-hydroxylation sites is 1. The smallest absolute Gasteiger partial charge is 0.361 e. The number of aromatic amines is 1. The van der Waals surface area contributed by atoms with Gasteiger partial charge < -0.3 is 9.55 Å². The normalized spacial score (nSPS) is 11.4. The van der Waals surface area contributed by atoms with Crippen LogP contribution in [0, 0.1) is 5.82 Å². The van der Waals surface area contributed by atoms with Crippen LogP contribution in [0.2, 0.25) is 0 Å². The highest BCUT2D eigenvalue weighted by Gasteiger charge is 2.29. The molecule has 0 unspecified atom stereocenters. The molecule has 0 bridgehead atoms. The number of hydrogen-bond donors (Lipinski definition) is 2. The molecule has 0 spiro atoms. The zero-order valence-corrected chi connectivity index (χ0v) is 17.2. The van der Waals surface area contributed by atoms with Crippen LogP contribution in [0.15, 0.2) is 72.5 Å². The monoisotopic (exact) mass is 460 g/mol. The average molecular weight is 460 g/mol. The van der Waals surface area contributed by atoms with Gasteiger partial charge in [0.05, 0.1) is 11.1 Å². The lowest BCUT2D eigenvalue weighted by molar-refractivity contribution is -0.139. The number of rotatable bonds is 3. The number of fused-ring (bicyclic) bond motifs is 2. The van der Waals surface area contributed by atoms with Crippen molar-refractivity contribution in [1.29, 1.82) is 0 Å². The number of thiazole rings is 1. The number of carbonyl (C=O) groups excluding carboxylic acids is 1. The molecule has 0 radical (unpaired) electrons. The molecule has 1 amide bonds. The van der Waals surface area contributed by atoms with Crippen LogP contribution in [0.5, 0.6) is 0 Å². The van der Waals surface area contributed by atoms with Crippen LogP contribution in [0.4, 0.5) is 22.7 Å². The Morgan fingerprint density at radius 2 is 1.97 bits per heavy atom. The number of carbonyl (C=O) groups is 1. The van der Waals surface area contributed by atoms with Gasteiger partial charge in [0.25, 0.3) is 5.91 Å². The van der Waals surface area contributed by atoms with Crippen LogP contribution in [-0.2, 0) is 6.54 Å². The third-order valence-corrected chi connectivity index (χ3v) is 5.24. The summed E-state index contributed by atoms with van der Waals surface area (Å²) in [6.07, 6.45) is 0.0229. The first-order chi connectivity index (χ1) is 15.3. The first-order valence-electron chi connectivity index (χ1n) is 9.38. The average Bonchev–Trinajstić information content (AvgIpc) is 3.48. The Hall–Kier alpha value is -3.66. The van der Waals surface area contributed by atoms with E-state index in [4.69, 9.17) is 0 Å². The first-order valence-corrected chi connectivity index (χ1v) is 10.3. The summed E-state index contributed by atoms with van der Waals surface area (Å²) in [5, 5.41) is 6.00. The van der Waals surface area contributed by atoms with E-state index in [9.17, 15) is 22.4 Å². The molecule has 2 N–H and O–H groups in total. The van der Waals surface area contributed by atoms with Gasteiger partial charge in [0.2, 0.25) is 0 Å². The lowest BCUT2D eigenvalue weighted by atomic mass is 10.1. The van der Waals surface area contributed by atoms with Crippen LogP contribution in [0.3, 0.4) is 0 Å². The van der Waals surface area contributed by atoms with E-state index in [1.165, 1.54) is 34.5 Å². The third-order valence-electron chi connectivity index (χ3n) is 4.55. The first kappa shape index (κ1) is 21.6. The maximum absolute atomic E-state index is 13.4. The SMILES string of the molecule is O=C(Nc1nccs1)c1cn(CC(F)(F)F)c2cc(F)ccc12.c1ccc2[nH]ccc2c1. The molecular formula is C22H16F4N4OS. The molecule has 0 aliphatic rings. The quantitative estimate of drug-likeness (QED) is 0.314. The number of nitrogens with zero attached hydrogens (tertiary/aromatic N) is 2. The zero-order valence-electron chi connectivity index (χ0n) is 16.4. The predicted molar refractivity (Wildman–Crippen MR) is 116 cm³/mol. The van der Waals surface area contributed by atoms with E-state index in [0.29, 0.717) is 5.13 Å². The molecule has 0 aliphatic carbocycles. The van der Waals surface area contributed by atoms with Gasteiger partial charge in [0.1, 0.15) is 12.4 Å². The van der Waals surface area contributed by atoms with Gasteiger partial charge in [-0.3, -0.25) is 10.1 Å². The van der Waals surface area contributed by atoms with Gasteiger partial charge in [-0.25, -0.2) is 9.37 Å². The summed E-state index contributed by atoms with van der Waals surface area (Å²) < 4.78 is 52.2. The van der Waals surface area contributed by atoms with Crippen molar-refractivity contribution in [3.63, 3.8) is 0 Å². The van der Waals surface area contributed by atoms with Crippen molar-refractivity contribution in [3.8, 4) is 0 Å². The highest BCUT2D eigenvalue weighted by atomic mass is 32.1. The fourth-order valence-corrected chi connectivity index (χ4v) is 3.74. The molecule has 3 aromatic heterocycles. The molecular weight excluding hydrogens is 444 g/mol. The van der Waals surface area contributed by atoms with Crippen LogP contribution < -0.4 is 5.32 Å². The molecule has 0 fully saturated rings. The molecule has 0 saturated carbocycles. The minimum atomic E-state index is -4.48. The standard InChI is InChI=1S/C14H9F4N3OS.C8H7N/c15-8-1-2-9-10(12(22)20-13-19-3-4-23-13)6-21(11(9)5-8)7-14(16,17)18;1-2-4-8-7(3-1)5-6-9-8/h1-6H,7H2,(H,19,20,22);1-6,9H. The van der Waals surface area contributed by atoms with Gasteiger partial charge in [0.15, 0.2) is 5.13 Å². The van der Waals surface area contributed by atoms with E-state index in [1.807, 2.05) is 18.3 Å². The number of anilines is 1. The van der Waals surface area contributed by atoms with Gasteiger partial charge in [0, 0.05) is 34.9 Å². The number of nitrogens with one attached hydrogen (secondary N) is 2. The summed E-state index contributed by atoms with van der Waals surface area (Å²) in [5.41, 5.74) is 1.24. The van der Waals surface area contributed by atoms with Gasteiger partial charge in [-0.05, 0) is 35.7 Å². The number of alkyl halides is 3. The number of aromatic nitrogens is 3. The van der Waals surface area contributed by atoms with Crippen molar-refractivity contribution >= 4 is 44.2 Å². The highest BCUT2D eigenvalue weighted by molar-refractivity contribution is 7.13. The molecule has 3 heterocycles. The van der Waals surface area contributed by atoms with Crippen molar-refractivity contribution in [3.05, 3.63) is 83.9 Å². The van der Waals surface area contributed by atoms with Crippen molar-refractivity contribution in [1.82, 2.24) is 14.5 Å². The summed E-state index contributed by atoms with van der Waals surface area (Å²) in [5.74, 6) is -1.27.